The minimum Gasteiger partial charge on any atom is -0.494 e. The molecule has 0 aromatic heterocycles. The van der Waals surface area contributed by atoms with Gasteiger partial charge in [-0.15, -0.1) is 0 Å². The van der Waals surface area contributed by atoms with Gasteiger partial charge in [-0.2, -0.15) is 4.72 Å². The third-order valence-electron chi connectivity index (χ3n) is 2.44. The average molecular weight is 291 g/mol. The number of benzene rings is 1. The lowest BCUT2D eigenvalue weighted by Crippen LogP contribution is -2.40. The first kappa shape index (κ1) is 15.4. The molecule has 0 radical (unpaired) electrons. The maximum absolute atomic E-state index is 13.4. The molecule has 0 saturated carbocycles. The van der Waals surface area contributed by atoms with Gasteiger partial charge in [0.1, 0.15) is 6.04 Å². The van der Waals surface area contributed by atoms with Gasteiger partial charge in [-0.1, -0.05) is 6.92 Å². The number of ether oxygens (including phenoxy) is 1. The topological polar surface area (TPSA) is 92.7 Å². The zero-order valence-corrected chi connectivity index (χ0v) is 11.2. The molecule has 1 atom stereocenters. The first-order valence-electron chi connectivity index (χ1n) is 5.40. The summed E-state index contributed by atoms with van der Waals surface area (Å²) in [6.07, 6.45) is 0.0766. The van der Waals surface area contributed by atoms with Gasteiger partial charge >= 0.3 is 5.97 Å². The average Bonchev–Trinajstić information content (AvgIpc) is 2.35. The van der Waals surface area contributed by atoms with Crippen LogP contribution in [0.1, 0.15) is 13.3 Å². The SMILES string of the molecule is CC[C@H](NS(=O)(=O)c1ccc(OC)c(F)c1)C(=O)O. The molecule has 1 rings (SSSR count). The van der Waals surface area contributed by atoms with Gasteiger partial charge in [-0.3, -0.25) is 4.79 Å². The second-order valence-electron chi connectivity index (χ2n) is 3.72. The Balaban J connectivity index is 3.07. The Bertz CT molecular complexity index is 572. The number of rotatable bonds is 6. The smallest absolute Gasteiger partial charge is 0.321 e. The molecule has 0 spiro atoms. The molecule has 0 amide bonds. The highest BCUT2D eigenvalue weighted by atomic mass is 32.2. The zero-order chi connectivity index (χ0) is 14.6. The van der Waals surface area contributed by atoms with Gasteiger partial charge < -0.3 is 9.84 Å². The van der Waals surface area contributed by atoms with Crippen molar-refractivity contribution in [2.24, 2.45) is 0 Å². The van der Waals surface area contributed by atoms with Crippen LogP contribution >= 0.6 is 0 Å². The number of hydrogen-bond acceptors (Lipinski definition) is 4. The summed E-state index contributed by atoms with van der Waals surface area (Å²) in [5.74, 6) is -2.22. The summed E-state index contributed by atoms with van der Waals surface area (Å²) in [7, 11) is -2.84. The molecule has 0 bridgehead atoms. The molecular formula is C11H14FNO5S. The molecule has 1 aromatic rings. The Morgan fingerprint density at radius 2 is 2.16 bits per heavy atom. The van der Waals surface area contributed by atoms with Crippen LogP contribution in [-0.2, 0) is 14.8 Å². The van der Waals surface area contributed by atoms with Crippen LogP contribution in [0.4, 0.5) is 4.39 Å². The van der Waals surface area contributed by atoms with E-state index in [1.165, 1.54) is 14.0 Å². The summed E-state index contributed by atoms with van der Waals surface area (Å²) in [6, 6.07) is 1.82. The van der Waals surface area contributed by atoms with E-state index < -0.39 is 27.9 Å². The third kappa shape index (κ3) is 3.65. The molecule has 2 N–H and O–H groups in total. The van der Waals surface area contributed by atoms with E-state index in [0.717, 1.165) is 18.2 Å². The molecular weight excluding hydrogens is 277 g/mol. The predicted molar refractivity (Wildman–Crippen MR) is 65.0 cm³/mol. The number of nitrogens with one attached hydrogen (secondary N) is 1. The van der Waals surface area contributed by atoms with Crippen LogP contribution in [0.25, 0.3) is 0 Å². The van der Waals surface area contributed by atoms with Crippen molar-refractivity contribution in [3.05, 3.63) is 24.0 Å². The second kappa shape index (κ2) is 5.98. The van der Waals surface area contributed by atoms with Crippen LogP contribution in [0.2, 0.25) is 0 Å². The minimum atomic E-state index is -4.09. The van der Waals surface area contributed by atoms with Crippen molar-refractivity contribution in [3.63, 3.8) is 0 Å². The summed E-state index contributed by atoms with van der Waals surface area (Å²) >= 11 is 0. The Kier molecular flexibility index (Phi) is 4.84. The Hall–Kier alpha value is -1.67. The monoisotopic (exact) mass is 291 g/mol. The van der Waals surface area contributed by atoms with Crippen LogP contribution in [0.3, 0.4) is 0 Å². The van der Waals surface area contributed by atoms with E-state index in [-0.39, 0.29) is 17.1 Å². The van der Waals surface area contributed by atoms with E-state index in [0.29, 0.717) is 0 Å². The normalized spacial score (nSPS) is 13.0. The van der Waals surface area contributed by atoms with E-state index in [9.17, 15) is 17.6 Å². The van der Waals surface area contributed by atoms with E-state index in [1.54, 1.807) is 0 Å². The van der Waals surface area contributed by atoms with Crippen LogP contribution in [-0.4, -0.2) is 32.6 Å². The summed E-state index contributed by atoms with van der Waals surface area (Å²) in [4.78, 5) is 10.4. The van der Waals surface area contributed by atoms with Gasteiger partial charge in [0.05, 0.1) is 12.0 Å². The zero-order valence-electron chi connectivity index (χ0n) is 10.4. The highest BCUT2D eigenvalue weighted by molar-refractivity contribution is 7.89. The molecule has 0 fully saturated rings. The quantitative estimate of drug-likeness (QED) is 0.815. The lowest BCUT2D eigenvalue weighted by atomic mass is 10.2. The number of sulfonamides is 1. The van der Waals surface area contributed by atoms with Gasteiger partial charge in [0.15, 0.2) is 11.6 Å². The van der Waals surface area contributed by atoms with Crippen LogP contribution in [0, 0.1) is 5.82 Å². The van der Waals surface area contributed by atoms with Crippen LogP contribution < -0.4 is 9.46 Å². The van der Waals surface area contributed by atoms with Gasteiger partial charge in [0.2, 0.25) is 10.0 Å². The third-order valence-corrected chi connectivity index (χ3v) is 3.91. The molecule has 0 saturated heterocycles. The van der Waals surface area contributed by atoms with Crippen molar-refractivity contribution in [2.75, 3.05) is 7.11 Å². The predicted octanol–water partition coefficient (Wildman–Crippen LogP) is 0.976. The fourth-order valence-corrected chi connectivity index (χ4v) is 2.66. The highest BCUT2D eigenvalue weighted by Gasteiger charge is 2.24. The van der Waals surface area contributed by atoms with Crippen molar-refractivity contribution >= 4 is 16.0 Å². The van der Waals surface area contributed by atoms with Crippen molar-refractivity contribution in [1.82, 2.24) is 4.72 Å². The number of hydrogen-bond donors (Lipinski definition) is 2. The van der Waals surface area contributed by atoms with Crippen LogP contribution in [0.15, 0.2) is 23.1 Å². The van der Waals surface area contributed by atoms with E-state index in [2.05, 4.69) is 4.74 Å². The largest absolute Gasteiger partial charge is 0.494 e. The molecule has 0 unspecified atom stereocenters. The number of carboxylic acid groups (broad SMARTS) is 1. The fourth-order valence-electron chi connectivity index (χ4n) is 1.38. The van der Waals surface area contributed by atoms with Crippen molar-refractivity contribution in [3.8, 4) is 5.75 Å². The Morgan fingerprint density at radius 1 is 1.53 bits per heavy atom. The number of halogens is 1. The maximum atomic E-state index is 13.4. The van der Waals surface area contributed by atoms with Gasteiger partial charge in [-0.05, 0) is 24.6 Å². The van der Waals surface area contributed by atoms with E-state index in [1.807, 2.05) is 4.72 Å². The Labute approximate surface area is 110 Å². The molecule has 106 valence electrons. The first-order chi connectivity index (χ1) is 8.81. The van der Waals surface area contributed by atoms with Crippen LogP contribution in [0.5, 0.6) is 5.75 Å². The fraction of sp³-hybridized carbons (Fsp3) is 0.364. The lowest BCUT2D eigenvalue weighted by Gasteiger charge is -2.13. The summed E-state index contributed by atoms with van der Waals surface area (Å²) in [6.45, 7) is 1.52. The minimum absolute atomic E-state index is 0.0766. The van der Waals surface area contributed by atoms with Crippen molar-refractivity contribution in [1.29, 1.82) is 0 Å². The molecule has 0 aliphatic heterocycles. The van der Waals surface area contributed by atoms with E-state index >= 15 is 0 Å². The standard InChI is InChI=1S/C11H14FNO5S/c1-3-9(11(14)15)13-19(16,17)7-4-5-10(18-2)8(12)6-7/h4-6,9,13H,3H2,1-2H3,(H,14,15)/t9-/m0/s1. The lowest BCUT2D eigenvalue weighted by molar-refractivity contribution is -0.139. The molecule has 8 heteroatoms. The molecule has 0 aliphatic rings. The second-order valence-corrected chi connectivity index (χ2v) is 5.43. The molecule has 1 aromatic carbocycles. The molecule has 19 heavy (non-hydrogen) atoms. The molecule has 0 aliphatic carbocycles. The number of aliphatic carboxylic acids is 1. The summed E-state index contributed by atoms with van der Waals surface area (Å²) in [5, 5.41) is 8.80. The van der Waals surface area contributed by atoms with Gasteiger partial charge in [0.25, 0.3) is 0 Å². The van der Waals surface area contributed by atoms with Gasteiger partial charge in [-0.25, -0.2) is 12.8 Å². The summed E-state index contributed by atoms with van der Waals surface area (Å²) < 4.78 is 43.8. The highest BCUT2D eigenvalue weighted by Crippen LogP contribution is 2.20. The van der Waals surface area contributed by atoms with Crippen molar-refractivity contribution in [2.45, 2.75) is 24.3 Å². The number of carboxylic acids is 1. The molecule has 0 heterocycles. The van der Waals surface area contributed by atoms with E-state index in [4.69, 9.17) is 5.11 Å². The van der Waals surface area contributed by atoms with Crippen molar-refractivity contribution < 1.29 is 27.4 Å². The Morgan fingerprint density at radius 3 is 2.58 bits per heavy atom. The summed E-state index contributed by atoms with van der Waals surface area (Å²) in [5.41, 5.74) is 0. The number of methoxy groups -OCH3 is 1. The van der Waals surface area contributed by atoms with Gasteiger partial charge in [0, 0.05) is 0 Å². The number of carbonyl (C=O) groups is 1. The maximum Gasteiger partial charge on any atom is 0.321 e. The molecule has 6 nitrogen and oxygen atoms in total. The first-order valence-corrected chi connectivity index (χ1v) is 6.88.